The lowest BCUT2D eigenvalue weighted by atomic mass is 9.99. The summed E-state index contributed by atoms with van der Waals surface area (Å²) in [5.41, 5.74) is 2.29. The molecule has 0 bridgehead atoms. The second-order valence-corrected chi connectivity index (χ2v) is 7.26. The molecule has 1 aliphatic heterocycles. The number of anilines is 1. The molecule has 6 heteroatoms. The average Bonchev–Trinajstić information content (AvgIpc) is 3.23. The zero-order valence-corrected chi connectivity index (χ0v) is 15.1. The minimum absolute atomic E-state index is 0.0723. The molecule has 2 aromatic rings. The Morgan fingerprint density at radius 3 is 2.88 bits per heavy atom. The summed E-state index contributed by atoms with van der Waals surface area (Å²) in [6.07, 6.45) is 1.12. The quantitative estimate of drug-likeness (QED) is 0.874. The summed E-state index contributed by atoms with van der Waals surface area (Å²) in [5, 5.41) is 5.94. The van der Waals surface area contributed by atoms with Crippen LogP contribution < -0.4 is 10.2 Å². The molecule has 5 nitrogen and oxygen atoms in total. The molecule has 0 unspecified atom stereocenters. The Morgan fingerprint density at radius 1 is 1.38 bits per heavy atom. The largest absolute Gasteiger partial charge is 0.354 e. The van der Waals surface area contributed by atoms with Gasteiger partial charge in [0.05, 0.1) is 18.8 Å². The van der Waals surface area contributed by atoms with Crippen LogP contribution in [0.25, 0.3) is 0 Å². The summed E-state index contributed by atoms with van der Waals surface area (Å²) in [7, 11) is 3.94. The molecule has 24 heavy (non-hydrogen) atoms. The lowest BCUT2D eigenvalue weighted by Gasteiger charge is -2.15. The normalized spacial score (nSPS) is 17.8. The van der Waals surface area contributed by atoms with Gasteiger partial charge in [-0.25, -0.2) is 4.98 Å². The van der Waals surface area contributed by atoms with Crippen LogP contribution in [0.5, 0.6) is 0 Å². The van der Waals surface area contributed by atoms with Crippen molar-refractivity contribution in [1.82, 2.24) is 15.2 Å². The van der Waals surface area contributed by atoms with E-state index in [9.17, 15) is 4.79 Å². The number of carbonyl (C=O) groups excluding carboxylic acids is 1. The number of hydrogen-bond donors (Lipinski definition) is 1. The van der Waals surface area contributed by atoms with E-state index in [-0.39, 0.29) is 5.91 Å². The second kappa shape index (κ2) is 7.77. The van der Waals surface area contributed by atoms with Crippen molar-refractivity contribution in [2.24, 2.45) is 0 Å². The lowest BCUT2D eigenvalue weighted by molar-refractivity contribution is -0.122. The van der Waals surface area contributed by atoms with Crippen LogP contribution in [0, 0.1) is 0 Å². The zero-order valence-electron chi connectivity index (χ0n) is 14.2. The molecule has 1 fully saturated rings. The molecule has 0 spiro atoms. The van der Waals surface area contributed by atoms with Crippen molar-refractivity contribution in [1.29, 1.82) is 0 Å². The molecule has 1 saturated heterocycles. The number of aromatic nitrogens is 1. The Morgan fingerprint density at radius 2 is 2.17 bits per heavy atom. The van der Waals surface area contributed by atoms with Crippen molar-refractivity contribution >= 4 is 22.4 Å². The maximum atomic E-state index is 12.2. The Balaban J connectivity index is 1.44. The summed E-state index contributed by atoms with van der Waals surface area (Å²) in [6.45, 7) is 2.90. The van der Waals surface area contributed by atoms with Gasteiger partial charge < -0.3 is 10.2 Å². The first-order valence-electron chi connectivity index (χ1n) is 8.27. The standard InChI is InChI=1S/C18H24N4OS/c1-21(2)18-20-16(13-24-18)10-19-17(23)12-22-9-8-15(11-22)14-6-4-3-5-7-14/h3-7,13,15H,8-12H2,1-2H3,(H,19,23)/t15-/m0/s1. The summed E-state index contributed by atoms with van der Waals surface area (Å²) in [4.78, 5) is 20.9. The number of benzene rings is 1. The number of thiazole rings is 1. The Kier molecular flexibility index (Phi) is 5.48. The molecule has 1 amide bonds. The fourth-order valence-electron chi connectivity index (χ4n) is 3.00. The van der Waals surface area contributed by atoms with Crippen LogP contribution in [-0.2, 0) is 11.3 Å². The third-order valence-electron chi connectivity index (χ3n) is 4.30. The van der Waals surface area contributed by atoms with Crippen LogP contribution in [0.2, 0.25) is 0 Å². The molecule has 128 valence electrons. The van der Waals surface area contributed by atoms with Crippen LogP contribution in [-0.4, -0.2) is 49.5 Å². The highest BCUT2D eigenvalue weighted by atomic mass is 32.1. The van der Waals surface area contributed by atoms with Gasteiger partial charge in [0.2, 0.25) is 5.91 Å². The van der Waals surface area contributed by atoms with E-state index in [0.29, 0.717) is 19.0 Å². The van der Waals surface area contributed by atoms with E-state index in [1.807, 2.05) is 30.4 Å². The van der Waals surface area contributed by atoms with E-state index < -0.39 is 0 Å². The molecule has 1 aromatic carbocycles. The molecule has 3 rings (SSSR count). The number of nitrogens with zero attached hydrogens (tertiary/aromatic N) is 3. The van der Waals surface area contributed by atoms with Crippen LogP contribution >= 0.6 is 11.3 Å². The van der Waals surface area contributed by atoms with E-state index >= 15 is 0 Å². The first-order valence-corrected chi connectivity index (χ1v) is 9.15. The Hall–Kier alpha value is -1.92. The number of amides is 1. The van der Waals surface area contributed by atoms with Gasteiger partial charge in [-0.1, -0.05) is 30.3 Å². The minimum Gasteiger partial charge on any atom is -0.354 e. The molecule has 0 radical (unpaired) electrons. The van der Waals surface area contributed by atoms with Crippen molar-refractivity contribution in [2.75, 3.05) is 38.6 Å². The molecular formula is C18H24N4OS. The van der Waals surface area contributed by atoms with Crippen LogP contribution in [0.4, 0.5) is 5.13 Å². The molecule has 1 N–H and O–H groups in total. The first kappa shape index (κ1) is 16.9. The molecule has 1 aliphatic rings. The van der Waals surface area contributed by atoms with Crippen LogP contribution in [0.15, 0.2) is 35.7 Å². The van der Waals surface area contributed by atoms with Gasteiger partial charge in [0.25, 0.3) is 0 Å². The monoisotopic (exact) mass is 344 g/mol. The number of carbonyl (C=O) groups is 1. The lowest BCUT2D eigenvalue weighted by Crippen LogP contribution is -2.35. The summed E-state index contributed by atoms with van der Waals surface area (Å²) >= 11 is 1.59. The van der Waals surface area contributed by atoms with Gasteiger partial charge in [-0.2, -0.15) is 0 Å². The SMILES string of the molecule is CN(C)c1nc(CNC(=O)CN2CC[C@H](c3ccccc3)C2)cs1. The predicted octanol–water partition coefficient (Wildman–Crippen LogP) is 2.31. The fraction of sp³-hybridized carbons (Fsp3) is 0.444. The van der Waals surface area contributed by atoms with Crippen molar-refractivity contribution in [3.8, 4) is 0 Å². The molecule has 2 heterocycles. The van der Waals surface area contributed by atoms with Crippen molar-refractivity contribution in [3.05, 3.63) is 47.0 Å². The fourth-order valence-corrected chi connectivity index (χ4v) is 3.76. The molecule has 1 aromatic heterocycles. The van der Waals surface area contributed by atoms with Gasteiger partial charge in [-0.3, -0.25) is 9.69 Å². The first-order chi connectivity index (χ1) is 11.6. The van der Waals surface area contributed by atoms with Gasteiger partial charge >= 0.3 is 0 Å². The summed E-state index contributed by atoms with van der Waals surface area (Å²) in [5.74, 6) is 0.614. The van der Waals surface area contributed by atoms with Crippen molar-refractivity contribution in [2.45, 2.75) is 18.9 Å². The number of hydrogen-bond acceptors (Lipinski definition) is 5. The Labute approximate surface area is 147 Å². The van der Waals surface area contributed by atoms with E-state index in [1.54, 1.807) is 11.3 Å². The van der Waals surface area contributed by atoms with Gasteiger partial charge in [0.1, 0.15) is 0 Å². The minimum atomic E-state index is 0.0723. The maximum absolute atomic E-state index is 12.2. The zero-order chi connectivity index (χ0) is 16.9. The van der Waals surface area contributed by atoms with E-state index in [1.165, 1.54) is 5.56 Å². The smallest absolute Gasteiger partial charge is 0.234 e. The maximum Gasteiger partial charge on any atom is 0.234 e. The van der Waals surface area contributed by atoms with Crippen molar-refractivity contribution < 1.29 is 4.79 Å². The average molecular weight is 344 g/mol. The van der Waals surface area contributed by atoms with E-state index in [2.05, 4.69) is 39.5 Å². The van der Waals surface area contributed by atoms with Gasteiger partial charge in [0, 0.05) is 26.0 Å². The second-order valence-electron chi connectivity index (χ2n) is 6.42. The topological polar surface area (TPSA) is 48.5 Å². The van der Waals surface area contributed by atoms with E-state index in [0.717, 1.165) is 30.3 Å². The van der Waals surface area contributed by atoms with Gasteiger partial charge in [-0.05, 0) is 24.4 Å². The highest BCUT2D eigenvalue weighted by molar-refractivity contribution is 7.13. The summed E-state index contributed by atoms with van der Waals surface area (Å²) < 4.78 is 0. The van der Waals surface area contributed by atoms with Gasteiger partial charge in [-0.15, -0.1) is 11.3 Å². The predicted molar refractivity (Wildman–Crippen MR) is 98.5 cm³/mol. The number of rotatable bonds is 6. The highest BCUT2D eigenvalue weighted by Crippen LogP contribution is 2.26. The number of likely N-dealkylation sites (tertiary alicyclic amines) is 1. The molecule has 0 aliphatic carbocycles. The Bertz CT molecular complexity index is 671. The summed E-state index contributed by atoms with van der Waals surface area (Å²) in [6, 6.07) is 10.6. The van der Waals surface area contributed by atoms with Crippen molar-refractivity contribution in [3.63, 3.8) is 0 Å². The van der Waals surface area contributed by atoms with Gasteiger partial charge in [0.15, 0.2) is 5.13 Å². The third kappa shape index (κ3) is 4.33. The molecular weight excluding hydrogens is 320 g/mol. The third-order valence-corrected chi connectivity index (χ3v) is 5.36. The molecule has 0 saturated carbocycles. The number of nitrogens with one attached hydrogen (secondary N) is 1. The van der Waals surface area contributed by atoms with Crippen LogP contribution in [0.3, 0.4) is 0 Å². The molecule has 1 atom stereocenters. The van der Waals surface area contributed by atoms with Crippen LogP contribution in [0.1, 0.15) is 23.6 Å². The highest BCUT2D eigenvalue weighted by Gasteiger charge is 2.24. The van der Waals surface area contributed by atoms with E-state index in [4.69, 9.17) is 0 Å².